The van der Waals surface area contributed by atoms with Gasteiger partial charge in [0.2, 0.25) is 0 Å². The van der Waals surface area contributed by atoms with Crippen molar-refractivity contribution in [1.29, 1.82) is 0 Å². The summed E-state index contributed by atoms with van der Waals surface area (Å²) in [7, 11) is 0. The third-order valence-corrected chi connectivity index (χ3v) is 2.89. The Bertz CT molecular complexity index is 462. The zero-order valence-electron chi connectivity index (χ0n) is 9.68. The monoisotopic (exact) mass is 244 g/mol. The molecular weight excluding hydrogens is 228 g/mol. The summed E-state index contributed by atoms with van der Waals surface area (Å²) in [5.74, 6) is 0. The van der Waals surface area contributed by atoms with Crippen molar-refractivity contribution in [2.75, 3.05) is 0 Å². The zero-order chi connectivity index (χ0) is 12.1. The van der Waals surface area contributed by atoms with E-state index in [1.807, 2.05) is 6.92 Å². The Morgan fingerprint density at radius 2 is 1.94 bits per heavy atom. The number of nitrogens with zero attached hydrogens (tertiary/aromatic N) is 1. The molecule has 0 saturated carbocycles. The van der Waals surface area contributed by atoms with Crippen LogP contribution in [-0.2, 0) is 13.0 Å². The van der Waals surface area contributed by atoms with E-state index in [1.54, 1.807) is 0 Å². The van der Waals surface area contributed by atoms with Gasteiger partial charge in [-0.15, -0.1) is 0 Å². The smallest absolute Gasteiger partial charge is 0.297 e. The first-order valence-corrected chi connectivity index (χ1v) is 6.01. The minimum absolute atomic E-state index is 0.171. The molecule has 4 nitrogen and oxygen atoms in total. The molecule has 1 aromatic rings. The molecule has 1 rings (SSSR count). The van der Waals surface area contributed by atoms with Crippen molar-refractivity contribution < 1.29 is 0 Å². The SMILES string of the molecule is CCCCCn1c(=O)[nH]c(Cl)c(CC)c1=O. The fourth-order valence-electron chi connectivity index (χ4n) is 1.62. The summed E-state index contributed by atoms with van der Waals surface area (Å²) in [4.78, 5) is 25.9. The fraction of sp³-hybridized carbons (Fsp3) is 0.636. The van der Waals surface area contributed by atoms with Crippen LogP contribution in [0.5, 0.6) is 0 Å². The fourth-order valence-corrected chi connectivity index (χ4v) is 1.91. The van der Waals surface area contributed by atoms with Crippen LogP contribution in [-0.4, -0.2) is 9.55 Å². The van der Waals surface area contributed by atoms with Crippen LogP contribution in [0.1, 0.15) is 38.7 Å². The second-order valence-electron chi connectivity index (χ2n) is 3.74. The summed E-state index contributed by atoms with van der Waals surface area (Å²) < 4.78 is 1.24. The zero-order valence-corrected chi connectivity index (χ0v) is 10.4. The number of aromatic amines is 1. The van der Waals surface area contributed by atoms with Gasteiger partial charge in [0.1, 0.15) is 5.15 Å². The first-order valence-electron chi connectivity index (χ1n) is 5.63. The Morgan fingerprint density at radius 1 is 1.25 bits per heavy atom. The second kappa shape index (κ2) is 5.89. The normalized spacial score (nSPS) is 10.7. The van der Waals surface area contributed by atoms with Crippen molar-refractivity contribution in [1.82, 2.24) is 9.55 Å². The van der Waals surface area contributed by atoms with E-state index in [2.05, 4.69) is 11.9 Å². The van der Waals surface area contributed by atoms with E-state index in [0.29, 0.717) is 18.5 Å². The molecule has 0 aliphatic heterocycles. The Hall–Kier alpha value is -1.03. The number of hydrogen-bond donors (Lipinski definition) is 1. The Morgan fingerprint density at radius 3 is 2.50 bits per heavy atom. The minimum atomic E-state index is -0.414. The highest BCUT2D eigenvalue weighted by molar-refractivity contribution is 6.30. The topological polar surface area (TPSA) is 54.9 Å². The molecular formula is C11H17ClN2O2. The molecule has 0 fully saturated rings. The van der Waals surface area contributed by atoms with Crippen molar-refractivity contribution in [2.45, 2.75) is 46.1 Å². The van der Waals surface area contributed by atoms with Crippen LogP contribution >= 0.6 is 11.6 Å². The highest BCUT2D eigenvalue weighted by Gasteiger charge is 2.10. The predicted molar refractivity (Wildman–Crippen MR) is 65.2 cm³/mol. The molecule has 0 amide bonds. The summed E-state index contributed by atoms with van der Waals surface area (Å²) in [5.41, 5.74) is -0.187. The summed E-state index contributed by atoms with van der Waals surface area (Å²) in [5, 5.41) is 0.171. The minimum Gasteiger partial charge on any atom is -0.297 e. The van der Waals surface area contributed by atoms with Crippen LogP contribution in [0.25, 0.3) is 0 Å². The van der Waals surface area contributed by atoms with Crippen LogP contribution in [0.3, 0.4) is 0 Å². The summed E-state index contributed by atoms with van der Waals surface area (Å²) in [6.45, 7) is 4.38. The van der Waals surface area contributed by atoms with Gasteiger partial charge in [-0.25, -0.2) is 4.79 Å². The van der Waals surface area contributed by atoms with Gasteiger partial charge in [-0.05, 0) is 12.8 Å². The van der Waals surface area contributed by atoms with Gasteiger partial charge in [-0.1, -0.05) is 38.3 Å². The molecule has 0 aliphatic carbocycles. The first-order chi connectivity index (χ1) is 7.61. The number of nitrogens with one attached hydrogen (secondary N) is 1. The van der Waals surface area contributed by atoms with E-state index in [-0.39, 0.29) is 10.7 Å². The number of rotatable bonds is 5. The van der Waals surface area contributed by atoms with Gasteiger partial charge in [0.15, 0.2) is 0 Å². The average molecular weight is 245 g/mol. The molecule has 5 heteroatoms. The molecule has 90 valence electrons. The van der Waals surface area contributed by atoms with Gasteiger partial charge < -0.3 is 0 Å². The highest BCUT2D eigenvalue weighted by Crippen LogP contribution is 2.06. The highest BCUT2D eigenvalue weighted by atomic mass is 35.5. The van der Waals surface area contributed by atoms with Crippen molar-refractivity contribution >= 4 is 11.6 Å². The van der Waals surface area contributed by atoms with Crippen molar-refractivity contribution in [3.8, 4) is 0 Å². The van der Waals surface area contributed by atoms with Crippen LogP contribution < -0.4 is 11.2 Å². The van der Waals surface area contributed by atoms with Crippen molar-refractivity contribution in [3.63, 3.8) is 0 Å². The summed E-state index contributed by atoms with van der Waals surface area (Å²) in [6, 6.07) is 0. The third-order valence-electron chi connectivity index (χ3n) is 2.57. The van der Waals surface area contributed by atoms with E-state index >= 15 is 0 Å². The van der Waals surface area contributed by atoms with Gasteiger partial charge >= 0.3 is 5.69 Å². The van der Waals surface area contributed by atoms with Gasteiger partial charge in [-0.3, -0.25) is 14.3 Å². The molecule has 1 aromatic heterocycles. The molecule has 16 heavy (non-hydrogen) atoms. The Kier molecular flexibility index (Phi) is 4.80. The summed E-state index contributed by atoms with van der Waals surface area (Å²) >= 11 is 5.80. The number of unbranched alkanes of at least 4 members (excludes halogenated alkanes) is 2. The quantitative estimate of drug-likeness (QED) is 0.636. The van der Waals surface area contributed by atoms with E-state index in [4.69, 9.17) is 11.6 Å². The van der Waals surface area contributed by atoms with Crippen LogP contribution in [0.2, 0.25) is 5.15 Å². The van der Waals surface area contributed by atoms with Crippen molar-refractivity contribution in [3.05, 3.63) is 31.6 Å². The lowest BCUT2D eigenvalue weighted by Crippen LogP contribution is -2.37. The standard InChI is InChI=1S/C11H17ClN2O2/c1-3-5-6-7-14-10(15)8(4-2)9(12)13-11(14)16/h3-7H2,1-2H3,(H,13,16). The van der Waals surface area contributed by atoms with Gasteiger partial charge in [0.05, 0.1) is 5.56 Å². The van der Waals surface area contributed by atoms with Crippen LogP contribution in [0.4, 0.5) is 0 Å². The number of halogens is 1. The lowest BCUT2D eigenvalue weighted by Gasteiger charge is -2.07. The number of H-pyrrole nitrogens is 1. The average Bonchev–Trinajstić information content (AvgIpc) is 2.23. The molecule has 1 heterocycles. The predicted octanol–water partition coefficient (Wildman–Crippen LogP) is 1.94. The molecule has 0 bridgehead atoms. The largest absolute Gasteiger partial charge is 0.329 e. The molecule has 0 spiro atoms. The third kappa shape index (κ3) is 2.76. The van der Waals surface area contributed by atoms with Crippen LogP contribution in [0, 0.1) is 0 Å². The van der Waals surface area contributed by atoms with Crippen molar-refractivity contribution in [2.24, 2.45) is 0 Å². The molecule has 0 aliphatic rings. The molecule has 0 atom stereocenters. The molecule has 0 saturated heterocycles. The number of aromatic nitrogens is 2. The molecule has 0 aromatic carbocycles. The van der Waals surface area contributed by atoms with E-state index in [9.17, 15) is 9.59 Å². The lowest BCUT2D eigenvalue weighted by molar-refractivity contribution is 0.559. The maximum Gasteiger partial charge on any atom is 0.329 e. The molecule has 0 radical (unpaired) electrons. The first kappa shape index (κ1) is 13.0. The summed E-state index contributed by atoms with van der Waals surface area (Å²) in [6.07, 6.45) is 3.43. The van der Waals surface area contributed by atoms with Gasteiger partial charge in [-0.2, -0.15) is 0 Å². The maximum atomic E-state index is 11.9. The molecule has 1 N–H and O–H groups in total. The van der Waals surface area contributed by atoms with E-state index < -0.39 is 5.69 Å². The van der Waals surface area contributed by atoms with E-state index in [0.717, 1.165) is 19.3 Å². The van der Waals surface area contributed by atoms with Crippen LogP contribution in [0.15, 0.2) is 9.59 Å². The maximum absolute atomic E-state index is 11.9. The number of hydrogen-bond acceptors (Lipinski definition) is 2. The Labute approximate surface area is 99.3 Å². The van der Waals surface area contributed by atoms with Gasteiger partial charge in [0, 0.05) is 6.54 Å². The van der Waals surface area contributed by atoms with Gasteiger partial charge in [0.25, 0.3) is 5.56 Å². The Balaban J connectivity index is 3.09. The molecule has 0 unspecified atom stereocenters. The van der Waals surface area contributed by atoms with E-state index in [1.165, 1.54) is 4.57 Å². The lowest BCUT2D eigenvalue weighted by atomic mass is 10.2. The second-order valence-corrected chi connectivity index (χ2v) is 4.12.